The Bertz CT molecular complexity index is 231. The zero-order valence-electron chi connectivity index (χ0n) is 8.67. The summed E-state index contributed by atoms with van der Waals surface area (Å²) in [5.41, 5.74) is 0. The largest absolute Gasteiger partial charge is 0.480 e. The minimum Gasteiger partial charge on any atom is -0.480 e. The van der Waals surface area contributed by atoms with Crippen LogP contribution in [0.4, 0.5) is 4.79 Å². The Hall–Kier alpha value is -1.34. The molecule has 0 rings (SSSR count). The van der Waals surface area contributed by atoms with E-state index >= 15 is 0 Å². The van der Waals surface area contributed by atoms with Crippen LogP contribution in [-0.4, -0.2) is 64.6 Å². The first-order chi connectivity index (χ1) is 6.88. The molecule has 2 amide bonds. The molecule has 0 aliphatic heterocycles. The third-order valence-corrected chi connectivity index (χ3v) is 1.66. The second-order valence-electron chi connectivity index (χ2n) is 3.25. The molecule has 0 aliphatic carbocycles. The molecule has 15 heavy (non-hydrogen) atoms. The normalized spacial score (nSPS) is 14.1. The molecule has 0 radical (unpaired) electrons. The van der Waals surface area contributed by atoms with E-state index in [4.69, 9.17) is 15.3 Å². The zero-order valence-corrected chi connectivity index (χ0v) is 8.67. The monoisotopic (exact) mass is 220 g/mol. The minimum absolute atomic E-state index is 0.0869. The Balaban J connectivity index is 4.16. The van der Waals surface area contributed by atoms with Crippen molar-refractivity contribution < 1.29 is 24.9 Å². The van der Waals surface area contributed by atoms with Gasteiger partial charge in [0, 0.05) is 13.6 Å². The number of amides is 2. The molecule has 88 valence electrons. The lowest BCUT2D eigenvalue weighted by Crippen LogP contribution is -2.49. The summed E-state index contributed by atoms with van der Waals surface area (Å²) in [7, 11) is 1.42. The maximum Gasteiger partial charge on any atom is 0.328 e. The van der Waals surface area contributed by atoms with Crippen LogP contribution in [0.2, 0.25) is 0 Å². The van der Waals surface area contributed by atoms with Crippen molar-refractivity contribution in [2.75, 3.05) is 20.2 Å². The number of carboxylic acid groups (broad SMARTS) is 1. The van der Waals surface area contributed by atoms with Crippen LogP contribution in [0.15, 0.2) is 0 Å². The first-order valence-electron chi connectivity index (χ1n) is 4.41. The van der Waals surface area contributed by atoms with Crippen LogP contribution < -0.4 is 5.32 Å². The van der Waals surface area contributed by atoms with E-state index in [0.717, 1.165) is 4.90 Å². The van der Waals surface area contributed by atoms with Gasteiger partial charge in [0.1, 0.15) is 0 Å². The Labute approximate surface area is 87.3 Å². The molecule has 2 unspecified atom stereocenters. The second-order valence-corrected chi connectivity index (χ2v) is 3.25. The Morgan fingerprint density at radius 3 is 2.33 bits per heavy atom. The molecular formula is C8H16N2O5. The highest BCUT2D eigenvalue weighted by Crippen LogP contribution is 1.91. The molecule has 0 fully saturated rings. The number of aliphatic hydroxyl groups excluding tert-OH is 2. The van der Waals surface area contributed by atoms with Gasteiger partial charge in [-0.15, -0.1) is 0 Å². The molecule has 0 saturated carbocycles. The molecule has 7 nitrogen and oxygen atoms in total. The van der Waals surface area contributed by atoms with Gasteiger partial charge in [-0.2, -0.15) is 0 Å². The quantitative estimate of drug-likeness (QED) is 0.448. The van der Waals surface area contributed by atoms with Crippen LogP contribution >= 0.6 is 0 Å². The van der Waals surface area contributed by atoms with Gasteiger partial charge < -0.3 is 25.5 Å². The fourth-order valence-corrected chi connectivity index (χ4v) is 0.924. The van der Waals surface area contributed by atoms with Crippen LogP contribution in [0.1, 0.15) is 6.92 Å². The van der Waals surface area contributed by atoms with E-state index in [9.17, 15) is 9.59 Å². The summed E-state index contributed by atoms with van der Waals surface area (Å²) in [5.74, 6) is -1.31. The maximum absolute atomic E-state index is 11.3. The summed E-state index contributed by atoms with van der Waals surface area (Å²) in [6, 6.07) is -1.98. The molecule has 4 N–H and O–H groups in total. The number of aliphatic carboxylic acids is 1. The Morgan fingerprint density at radius 1 is 1.47 bits per heavy atom. The highest BCUT2D eigenvalue weighted by molar-refractivity contribution is 5.82. The highest BCUT2D eigenvalue weighted by Gasteiger charge is 2.20. The predicted octanol–water partition coefficient (Wildman–Crippen LogP) is -1.55. The lowest BCUT2D eigenvalue weighted by atomic mass is 10.3. The number of hydrogen-bond donors (Lipinski definition) is 4. The summed E-state index contributed by atoms with van der Waals surface area (Å²) >= 11 is 0. The Kier molecular flexibility index (Phi) is 5.65. The van der Waals surface area contributed by atoms with Gasteiger partial charge in [0.15, 0.2) is 6.04 Å². The van der Waals surface area contributed by atoms with Crippen molar-refractivity contribution >= 4 is 12.0 Å². The van der Waals surface area contributed by atoms with Gasteiger partial charge in [-0.25, -0.2) is 9.59 Å². The van der Waals surface area contributed by atoms with Gasteiger partial charge in [-0.3, -0.25) is 0 Å². The number of nitrogens with zero attached hydrogens (tertiary/aromatic N) is 1. The van der Waals surface area contributed by atoms with E-state index < -0.39 is 30.8 Å². The molecule has 0 aromatic rings. The summed E-state index contributed by atoms with van der Waals surface area (Å²) in [5, 5.41) is 28.3. The average molecular weight is 220 g/mol. The lowest BCUT2D eigenvalue weighted by molar-refractivity contribution is -0.140. The number of hydrogen-bond acceptors (Lipinski definition) is 4. The maximum atomic E-state index is 11.3. The molecule has 0 aromatic heterocycles. The average Bonchev–Trinajstić information content (AvgIpc) is 2.11. The van der Waals surface area contributed by atoms with Crippen LogP contribution in [0.3, 0.4) is 0 Å². The number of urea groups is 1. The molecule has 0 saturated heterocycles. The number of likely N-dealkylation sites (N-methyl/N-ethyl adjacent to an activating group) is 1. The van der Waals surface area contributed by atoms with E-state index in [0.29, 0.717) is 0 Å². The standard InChI is InChI=1S/C8H16N2O5/c1-5(12)3-10(2)8(15)9-6(4-11)7(13)14/h5-6,11-12H,3-4H2,1-2H3,(H,9,15)(H,13,14). The van der Waals surface area contributed by atoms with Crippen molar-refractivity contribution in [3.63, 3.8) is 0 Å². The smallest absolute Gasteiger partial charge is 0.328 e. The number of rotatable bonds is 5. The number of aliphatic hydroxyl groups is 2. The fourth-order valence-electron chi connectivity index (χ4n) is 0.924. The van der Waals surface area contributed by atoms with Crippen LogP contribution in [0.5, 0.6) is 0 Å². The van der Waals surface area contributed by atoms with Crippen LogP contribution in [0.25, 0.3) is 0 Å². The Morgan fingerprint density at radius 2 is 2.00 bits per heavy atom. The molecule has 0 heterocycles. The van der Waals surface area contributed by atoms with Gasteiger partial charge in [0.25, 0.3) is 0 Å². The third-order valence-electron chi connectivity index (χ3n) is 1.66. The summed E-state index contributed by atoms with van der Waals surface area (Å²) in [6.07, 6.45) is -0.696. The lowest BCUT2D eigenvalue weighted by Gasteiger charge is -2.21. The fraction of sp³-hybridized carbons (Fsp3) is 0.750. The van der Waals surface area contributed by atoms with Crippen molar-refractivity contribution in [1.29, 1.82) is 0 Å². The van der Waals surface area contributed by atoms with Gasteiger partial charge in [-0.1, -0.05) is 0 Å². The van der Waals surface area contributed by atoms with E-state index in [-0.39, 0.29) is 6.54 Å². The molecular weight excluding hydrogens is 204 g/mol. The van der Waals surface area contributed by atoms with Crippen molar-refractivity contribution in [1.82, 2.24) is 10.2 Å². The predicted molar refractivity (Wildman–Crippen MR) is 51.4 cm³/mol. The van der Waals surface area contributed by atoms with Gasteiger partial charge in [-0.05, 0) is 6.92 Å². The molecule has 0 aliphatic rings. The molecule has 0 spiro atoms. The van der Waals surface area contributed by atoms with Crippen molar-refractivity contribution in [2.45, 2.75) is 19.1 Å². The van der Waals surface area contributed by atoms with Gasteiger partial charge in [0.05, 0.1) is 12.7 Å². The number of carboxylic acids is 1. The SMILES string of the molecule is CC(O)CN(C)C(=O)NC(CO)C(=O)O. The first-order valence-corrected chi connectivity index (χ1v) is 4.41. The van der Waals surface area contributed by atoms with Crippen LogP contribution in [0, 0.1) is 0 Å². The number of nitrogens with one attached hydrogen (secondary N) is 1. The minimum atomic E-state index is -1.33. The number of carbonyl (C=O) groups is 2. The van der Waals surface area contributed by atoms with Gasteiger partial charge in [0.2, 0.25) is 0 Å². The third kappa shape index (κ3) is 5.18. The molecule has 0 bridgehead atoms. The topological polar surface area (TPSA) is 110 Å². The van der Waals surface area contributed by atoms with Crippen LogP contribution in [-0.2, 0) is 4.79 Å². The van der Waals surface area contributed by atoms with E-state index in [1.54, 1.807) is 0 Å². The van der Waals surface area contributed by atoms with E-state index in [1.165, 1.54) is 14.0 Å². The summed E-state index contributed by atoms with van der Waals surface area (Å²) in [6.45, 7) is 0.914. The van der Waals surface area contributed by atoms with E-state index in [1.807, 2.05) is 0 Å². The molecule has 0 aromatic carbocycles. The summed E-state index contributed by atoms with van der Waals surface area (Å²) in [4.78, 5) is 22.9. The van der Waals surface area contributed by atoms with E-state index in [2.05, 4.69) is 5.32 Å². The molecule has 2 atom stereocenters. The van der Waals surface area contributed by atoms with Crippen molar-refractivity contribution in [2.24, 2.45) is 0 Å². The second kappa shape index (κ2) is 6.20. The van der Waals surface area contributed by atoms with Crippen molar-refractivity contribution in [3.05, 3.63) is 0 Å². The number of carbonyl (C=O) groups excluding carboxylic acids is 1. The van der Waals surface area contributed by atoms with Gasteiger partial charge >= 0.3 is 12.0 Å². The summed E-state index contributed by atoms with van der Waals surface area (Å²) < 4.78 is 0. The highest BCUT2D eigenvalue weighted by atomic mass is 16.4. The molecule has 7 heteroatoms. The zero-order chi connectivity index (χ0) is 12.0. The first kappa shape index (κ1) is 13.7. The van der Waals surface area contributed by atoms with Crippen molar-refractivity contribution in [3.8, 4) is 0 Å².